The van der Waals surface area contributed by atoms with Crippen LogP contribution in [0.2, 0.25) is 0 Å². The molecule has 14 heteroatoms. The van der Waals surface area contributed by atoms with Crippen molar-refractivity contribution in [1.82, 2.24) is 20.1 Å². The molecule has 0 aliphatic rings. The molecule has 1 aromatic heterocycles. The largest absolute Gasteiger partial charge is 0.492 e. The lowest BCUT2D eigenvalue weighted by Crippen LogP contribution is -2.47. The smallest absolute Gasteiger partial charge is 0.325 e. The molecule has 232 valence electrons. The normalized spacial score (nSPS) is 12.3. The molecular formula is C29H37N5O7S2. The number of carbonyl (C=O) groups is 2. The molecule has 0 saturated heterocycles. The number of anilines is 1. The number of esters is 1. The zero-order valence-electron chi connectivity index (χ0n) is 25.0. The van der Waals surface area contributed by atoms with Gasteiger partial charge >= 0.3 is 5.97 Å². The monoisotopic (exact) mass is 631 g/mol. The van der Waals surface area contributed by atoms with Crippen LogP contribution < -0.4 is 20.1 Å². The van der Waals surface area contributed by atoms with Gasteiger partial charge in [-0.1, -0.05) is 18.2 Å². The van der Waals surface area contributed by atoms with E-state index < -0.39 is 40.0 Å². The third-order valence-electron chi connectivity index (χ3n) is 6.08. The van der Waals surface area contributed by atoms with Gasteiger partial charge in [-0.3, -0.25) is 19.4 Å². The summed E-state index contributed by atoms with van der Waals surface area (Å²) in [7, 11) is -0.151. The number of pyridine rings is 1. The number of ether oxygens (including phenoxy) is 2. The standard InChI is InChI=1S/C29H37N5O7S2/c1-29(2,3)41-27(36)23(18-26(35)34(5)39-6)33-43(37,38)25-13-12-20(32-28(42)30-4)17-24(25)40-16-14-19-9-7-11-22-21(19)10-8-15-31-22/h7-13,15,17,23,33H,14,16,18H2,1-6H3,(H2,30,32,42). The minimum Gasteiger partial charge on any atom is -0.492 e. The van der Waals surface area contributed by atoms with Crippen LogP contribution in [-0.4, -0.2) is 74.9 Å². The van der Waals surface area contributed by atoms with Crippen LogP contribution in [0.15, 0.2) is 59.6 Å². The first-order valence-corrected chi connectivity index (χ1v) is 15.3. The van der Waals surface area contributed by atoms with E-state index in [-0.39, 0.29) is 17.3 Å². The van der Waals surface area contributed by atoms with Crippen molar-refractivity contribution in [3.63, 3.8) is 0 Å². The lowest BCUT2D eigenvalue weighted by molar-refractivity contribution is -0.172. The van der Waals surface area contributed by atoms with Gasteiger partial charge in [0.2, 0.25) is 15.9 Å². The Morgan fingerprint density at radius 1 is 1.12 bits per heavy atom. The number of amides is 1. The van der Waals surface area contributed by atoms with Crippen molar-refractivity contribution in [3.05, 3.63) is 60.3 Å². The van der Waals surface area contributed by atoms with Crippen molar-refractivity contribution >= 4 is 55.8 Å². The van der Waals surface area contributed by atoms with Crippen molar-refractivity contribution in [1.29, 1.82) is 0 Å². The molecule has 1 heterocycles. The Labute approximate surface area is 257 Å². The summed E-state index contributed by atoms with van der Waals surface area (Å²) in [6.45, 7) is 5.04. The number of benzene rings is 2. The third-order valence-corrected chi connectivity index (χ3v) is 7.89. The molecular weight excluding hydrogens is 594 g/mol. The van der Waals surface area contributed by atoms with Crippen molar-refractivity contribution < 1.29 is 32.3 Å². The molecule has 3 rings (SSSR count). The fraction of sp³-hybridized carbons (Fsp3) is 0.379. The molecule has 12 nitrogen and oxygen atoms in total. The average Bonchev–Trinajstić information content (AvgIpc) is 2.95. The van der Waals surface area contributed by atoms with Crippen LogP contribution in [-0.2, 0) is 35.6 Å². The van der Waals surface area contributed by atoms with Gasteiger partial charge in [0.05, 0.1) is 25.7 Å². The highest BCUT2D eigenvalue weighted by atomic mass is 32.2. The molecule has 0 radical (unpaired) electrons. The molecule has 0 fully saturated rings. The van der Waals surface area contributed by atoms with Crippen LogP contribution in [0.25, 0.3) is 10.9 Å². The SMILES string of the molecule is CNC(=S)Nc1ccc(S(=O)(=O)NC(CC(=O)N(C)OC)C(=O)OC(C)(C)C)c(OCCc2cccc3ncccc23)c1. The molecule has 0 saturated carbocycles. The van der Waals surface area contributed by atoms with E-state index in [2.05, 4.69) is 20.3 Å². The number of sulfonamides is 1. The summed E-state index contributed by atoms with van der Waals surface area (Å²) in [5.74, 6) is -1.54. The Morgan fingerprint density at radius 2 is 1.86 bits per heavy atom. The maximum Gasteiger partial charge on any atom is 0.325 e. The summed E-state index contributed by atoms with van der Waals surface area (Å²) in [5.41, 5.74) is 1.36. The lowest BCUT2D eigenvalue weighted by atomic mass is 10.1. The minimum absolute atomic E-state index is 0.0121. The number of nitrogens with one attached hydrogen (secondary N) is 3. The van der Waals surface area contributed by atoms with Gasteiger partial charge in [0, 0.05) is 43.9 Å². The van der Waals surface area contributed by atoms with E-state index >= 15 is 0 Å². The number of nitrogens with zero attached hydrogens (tertiary/aromatic N) is 2. The van der Waals surface area contributed by atoms with E-state index in [0.717, 1.165) is 21.5 Å². The summed E-state index contributed by atoms with van der Waals surface area (Å²) >= 11 is 5.19. The van der Waals surface area contributed by atoms with Gasteiger partial charge in [0.25, 0.3) is 0 Å². The summed E-state index contributed by atoms with van der Waals surface area (Å²) in [5, 5.41) is 7.92. The number of hydrogen-bond acceptors (Lipinski definition) is 9. The fourth-order valence-corrected chi connectivity index (χ4v) is 5.40. The fourth-order valence-electron chi connectivity index (χ4n) is 3.97. The van der Waals surface area contributed by atoms with Crippen LogP contribution in [0.4, 0.5) is 5.69 Å². The summed E-state index contributed by atoms with van der Waals surface area (Å²) in [4.78, 5) is 34.6. The van der Waals surface area contributed by atoms with Gasteiger partial charge in [-0.2, -0.15) is 4.72 Å². The van der Waals surface area contributed by atoms with Crippen molar-refractivity contribution in [2.45, 2.75) is 50.2 Å². The average molecular weight is 632 g/mol. The highest BCUT2D eigenvalue weighted by Gasteiger charge is 2.34. The topological polar surface area (TPSA) is 148 Å². The first kappa shape index (κ1) is 33.6. The molecule has 1 unspecified atom stereocenters. The van der Waals surface area contributed by atoms with Gasteiger partial charge in [0.15, 0.2) is 5.11 Å². The van der Waals surface area contributed by atoms with Crippen molar-refractivity contribution in [2.24, 2.45) is 0 Å². The Balaban J connectivity index is 1.93. The van der Waals surface area contributed by atoms with Gasteiger partial charge in [-0.15, -0.1) is 0 Å². The molecule has 0 aliphatic carbocycles. The maximum absolute atomic E-state index is 13.7. The molecule has 1 amide bonds. The number of hydroxylamine groups is 2. The third kappa shape index (κ3) is 9.58. The van der Waals surface area contributed by atoms with E-state index in [0.29, 0.717) is 17.2 Å². The van der Waals surface area contributed by atoms with Crippen LogP contribution in [0.5, 0.6) is 5.75 Å². The van der Waals surface area contributed by atoms with Crippen LogP contribution in [0, 0.1) is 0 Å². The minimum atomic E-state index is -4.42. The number of thiocarbonyl (C=S) groups is 1. The summed E-state index contributed by atoms with van der Waals surface area (Å²) < 4.78 is 41.2. The van der Waals surface area contributed by atoms with E-state index in [1.165, 1.54) is 32.4 Å². The van der Waals surface area contributed by atoms with Gasteiger partial charge in [-0.05, 0) is 62.8 Å². The van der Waals surface area contributed by atoms with Gasteiger partial charge in [-0.25, -0.2) is 13.5 Å². The predicted octanol–water partition coefficient (Wildman–Crippen LogP) is 3.17. The molecule has 0 spiro atoms. The Kier molecular flexibility index (Phi) is 11.4. The predicted molar refractivity (Wildman–Crippen MR) is 167 cm³/mol. The quantitative estimate of drug-likeness (QED) is 0.154. The first-order chi connectivity index (χ1) is 20.2. The van der Waals surface area contributed by atoms with Crippen LogP contribution in [0.3, 0.4) is 0 Å². The second kappa shape index (κ2) is 14.6. The number of hydrogen-bond donors (Lipinski definition) is 3. The van der Waals surface area contributed by atoms with Gasteiger partial charge < -0.3 is 20.1 Å². The molecule has 43 heavy (non-hydrogen) atoms. The summed E-state index contributed by atoms with van der Waals surface area (Å²) in [6.07, 6.45) is 1.63. The highest BCUT2D eigenvalue weighted by Crippen LogP contribution is 2.29. The van der Waals surface area contributed by atoms with Crippen molar-refractivity contribution in [2.75, 3.05) is 33.1 Å². The zero-order chi connectivity index (χ0) is 31.8. The number of aromatic nitrogens is 1. The van der Waals surface area contributed by atoms with Crippen molar-refractivity contribution in [3.8, 4) is 5.75 Å². The number of carbonyl (C=O) groups excluding carboxylic acids is 2. The van der Waals surface area contributed by atoms with E-state index in [1.807, 2.05) is 30.3 Å². The molecule has 3 N–H and O–H groups in total. The van der Waals surface area contributed by atoms with E-state index in [1.54, 1.807) is 34.0 Å². The molecule has 0 bridgehead atoms. The van der Waals surface area contributed by atoms with Gasteiger partial charge in [0.1, 0.15) is 22.3 Å². The second-order valence-electron chi connectivity index (χ2n) is 10.4. The first-order valence-electron chi connectivity index (χ1n) is 13.4. The lowest BCUT2D eigenvalue weighted by Gasteiger charge is -2.25. The second-order valence-corrected chi connectivity index (χ2v) is 12.5. The zero-order valence-corrected chi connectivity index (χ0v) is 26.6. The van der Waals surface area contributed by atoms with E-state index in [4.69, 9.17) is 26.5 Å². The Hall–Kier alpha value is -3.85. The number of rotatable bonds is 12. The molecule has 2 aromatic carbocycles. The highest BCUT2D eigenvalue weighted by molar-refractivity contribution is 7.89. The van der Waals surface area contributed by atoms with Crippen LogP contribution in [0.1, 0.15) is 32.8 Å². The Bertz CT molecular complexity index is 1570. The number of fused-ring (bicyclic) bond motifs is 1. The Morgan fingerprint density at radius 3 is 2.53 bits per heavy atom. The summed E-state index contributed by atoms with van der Waals surface area (Å²) in [6, 6.07) is 12.4. The van der Waals surface area contributed by atoms with E-state index in [9.17, 15) is 18.0 Å². The van der Waals surface area contributed by atoms with Crippen LogP contribution >= 0.6 is 12.2 Å². The maximum atomic E-state index is 13.7. The molecule has 0 aliphatic heterocycles. The molecule has 3 aromatic rings. The molecule has 1 atom stereocenters.